The lowest BCUT2D eigenvalue weighted by Crippen LogP contribution is -2.29. The number of carbonyl (C=O) groups is 4. The van der Waals surface area contributed by atoms with E-state index in [4.69, 9.17) is 14.2 Å². The smallest absolute Gasteiger partial charge is 0.343 e. The summed E-state index contributed by atoms with van der Waals surface area (Å²) in [7, 11) is 1.51. The Balaban J connectivity index is 1.33. The van der Waals surface area contributed by atoms with Gasteiger partial charge in [0.05, 0.1) is 18.6 Å². The zero-order valence-electron chi connectivity index (χ0n) is 22.3. The number of aryl methyl sites for hydroxylation is 2. The molecule has 0 radical (unpaired) electrons. The molecule has 1 amide bonds. The van der Waals surface area contributed by atoms with Gasteiger partial charge >= 0.3 is 11.9 Å². The van der Waals surface area contributed by atoms with E-state index in [0.717, 1.165) is 29.7 Å². The summed E-state index contributed by atoms with van der Waals surface area (Å²) < 4.78 is 15.8. The fraction of sp³-hybridized carbons (Fsp3) is 0.290. The largest absolute Gasteiger partial charge is 0.497 e. The van der Waals surface area contributed by atoms with Gasteiger partial charge in [-0.3, -0.25) is 14.4 Å². The summed E-state index contributed by atoms with van der Waals surface area (Å²) in [5.41, 5.74) is 3.63. The lowest BCUT2D eigenvalue weighted by atomic mass is 10.0. The number of hydrogen-bond donors (Lipinski definition) is 0. The van der Waals surface area contributed by atoms with E-state index in [1.54, 1.807) is 29.2 Å². The van der Waals surface area contributed by atoms with Crippen LogP contribution in [0.3, 0.4) is 0 Å². The average molecular weight is 530 g/mol. The van der Waals surface area contributed by atoms with Gasteiger partial charge < -0.3 is 19.1 Å². The molecule has 0 N–H and O–H groups in total. The molecule has 3 aromatic carbocycles. The number of para-hydroxylation sites is 1. The molecule has 8 nitrogen and oxygen atoms in total. The van der Waals surface area contributed by atoms with E-state index < -0.39 is 30.2 Å². The first-order chi connectivity index (χ1) is 18.8. The van der Waals surface area contributed by atoms with Crippen LogP contribution in [-0.2, 0) is 27.2 Å². The number of nitrogens with zero attached hydrogens (tertiary/aromatic N) is 1. The number of benzene rings is 3. The molecule has 4 rings (SSSR count). The van der Waals surface area contributed by atoms with Crippen LogP contribution < -0.4 is 14.4 Å². The highest BCUT2D eigenvalue weighted by Crippen LogP contribution is 2.33. The Hall–Kier alpha value is -4.46. The van der Waals surface area contributed by atoms with Crippen molar-refractivity contribution in [1.82, 2.24) is 0 Å². The topological polar surface area (TPSA) is 99.2 Å². The number of ether oxygens (including phenoxy) is 3. The normalized spacial score (nSPS) is 14.7. The third-order valence-electron chi connectivity index (χ3n) is 6.73. The van der Waals surface area contributed by atoms with Crippen molar-refractivity contribution in [1.29, 1.82) is 0 Å². The van der Waals surface area contributed by atoms with Gasteiger partial charge in [-0.2, -0.15) is 0 Å². The van der Waals surface area contributed by atoms with E-state index in [1.165, 1.54) is 31.4 Å². The highest BCUT2D eigenvalue weighted by atomic mass is 16.5. The molecule has 1 fully saturated rings. The number of methoxy groups -OCH3 is 1. The first kappa shape index (κ1) is 27.6. The monoisotopic (exact) mass is 529 g/mol. The minimum atomic E-state index is -0.640. The number of esters is 2. The van der Waals surface area contributed by atoms with E-state index in [9.17, 15) is 19.2 Å². The summed E-state index contributed by atoms with van der Waals surface area (Å²) >= 11 is 0. The zero-order valence-corrected chi connectivity index (χ0v) is 22.3. The van der Waals surface area contributed by atoms with Crippen LogP contribution in [-0.4, -0.2) is 43.9 Å². The van der Waals surface area contributed by atoms with Gasteiger partial charge in [0.2, 0.25) is 5.91 Å². The minimum absolute atomic E-state index is 0.0432. The Morgan fingerprint density at radius 2 is 1.54 bits per heavy atom. The molecule has 0 spiro atoms. The molecule has 1 aliphatic rings. The molecule has 1 aliphatic heterocycles. The number of rotatable bonds is 10. The summed E-state index contributed by atoms with van der Waals surface area (Å²) in [6.07, 6.45) is 1.59. The Labute approximate surface area is 227 Å². The standard InChI is InChI=1S/C31H31NO7/c1-4-20-8-6-9-21(5-2)29(20)32-18-24(17-28(32)34)30(35)38-19-27(33)22-12-14-25(15-13-22)39-31(36)23-10-7-11-26(16-23)37-3/h6-16,24H,4-5,17-19H2,1-3H3/t24-/m1/s1. The van der Waals surface area contributed by atoms with Gasteiger partial charge in [-0.1, -0.05) is 38.1 Å². The fourth-order valence-corrected chi connectivity index (χ4v) is 4.61. The first-order valence-corrected chi connectivity index (χ1v) is 12.9. The lowest BCUT2D eigenvalue weighted by Gasteiger charge is -2.23. The van der Waals surface area contributed by atoms with E-state index in [2.05, 4.69) is 0 Å². The lowest BCUT2D eigenvalue weighted by molar-refractivity contribution is -0.147. The van der Waals surface area contributed by atoms with Crippen LogP contribution in [0.25, 0.3) is 0 Å². The molecule has 0 bridgehead atoms. The molecule has 1 heterocycles. The number of Topliss-reactive ketones (excluding diaryl/α,β-unsaturated/α-hetero) is 1. The molecule has 202 valence electrons. The Bertz CT molecular complexity index is 1360. The van der Waals surface area contributed by atoms with Gasteiger partial charge in [0.1, 0.15) is 11.5 Å². The second-order valence-electron chi connectivity index (χ2n) is 9.21. The fourth-order valence-electron chi connectivity index (χ4n) is 4.61. The van der Waals surface area contributed by atoms with Crippen molar-refractivity contribution in [2.75, 3.05) is 25.2 Å². The number of carbonyl (C=O) groups excluding carboxylic acids is 4. The van der Waals surface area contributed by atoms with Crippen molar-refractivity contribution in [2.24, 2.45) is 5.92 Å². The van der Waals surface area contributed by atoms with Gasteiger partial charge in [-0.15, -0.1) is 0 Å². The van der Waals surface area contributed by atoms with Gasteiger partial charge in [0, 0.05) is 24.2 Å². The molecule has 1 atom stereocenters. The zero-order chi connectivity index (χ0) is 27.9. The quantitative estimate of drug-likeness (QED) is 0.211. The van der Waals surface area contributed by atoms with Crippen molar-refractivity contribution in [3.05, 3.63) is 89.0 Å². The van der Waals surface area contributed by atoms with Crippen molar-refractivity contribution < 1.29 is 33.4 Å². The summed E-state index contributed by atoms with van der Waals surface area (Å²) in [5.74, 6) is -1.51. The molecule has 1 saturated heterocycles. The maximum atomic E-state index is 12.8. The van der Waals surface area contributed by atoms with Crippen LogP contribution in [0.1, 0.15) is 52.1 Å². The van der Waals surface area contributed by atoms with Crippen LogP contribution in [0.15, 0.2) is 66.7 Å². The van der Waals surface area contributed by atoms with Crippen LogP contribution in [0.5, 0.6) is 11.5 Å². The first-order valence-electron chi connectivity index (χ1n) is 12.9. The molecule has 0 aliphatic carbocycles. The van der Waals surface area contributed by atoms with E-state index in [-0.39, 0.29) is 24.6 Å². The number of hydrogen-bond acceptors (Lipinski definition) is 7. The van der Waals surface area contributed by atoms with Crippen molar-refractivity contribution in [3.63, 3.8) is 0 Å². The van der Waals surface area contributed by atoms with E-state index in [1.807, 2.05) is 32.0 Å². The molecular weight excluding hydrogens is 498 g/mol. The molecular formula is C31H31NO7. The van der Waals surface area contributed by atoms with Crippen LogP contribution in [0, 0.1) is 5.92 Å². The number of amides is 1. The van der Waals surface area contributed by atoms with Crippen molar-refractivity contribution in [3.8, 4) is 11.5 Å². The highest BCUT2D eigenvalue weighted by molar-refractivity contribution is 6.02. The summed E-state index contributed by atoms with van der Waals surface area (Å²) in [4.78, 5) is 52.3. The molecule has 0 saturated carbocycles. The molecule has 8 heteroatoms. The van der Waals surface area contributed by atoms with Gasteiger partial charge in [0.25, 0.3) is 0 Å². The summed E-state index contributed by atoms with van der Waals surface area (Å²) in [5, 5.41) is 0. The predicted molar refractivity (Wildman–Crippen MR) is 145 cm³/mol. The molecule has 39 heavy (non-hydrogen) atoms. The van der Waals surface area contributed by atoms with Crippen LogP contribution in [0.4, 0.5) is 5.69 Å². The maximum absolute atomic E-state index is 12.8. The van der Waals surface area contributed by atoms with Gasteiger partial charge in [-0.05, 0) is 66.4 Å². The Morgan fingerprint density at radius 3 is 2.18 bits per heavy atom. The summed E-state index contributed by atoms with van der Waals surface area (Å²) in [6.45, 7) is 3.85. The van der Waals surface area contributed by atoms with Crippen molar-refractivity contribution >= 4 is 29.3 Å². The highest BCUT2D eigenvalue weighted by Gasteiger charge is 2.37. The minimum Gasteiger partial charge on any atom is -0.497 e. The van der Waals surface area contributed by atoms with E-state index in [0.29, 0.717) is 16.9 Å². The second kappa shape index (κ2) is 12.4. The number of ketones is 1. The third kappa shape index (κ3) is 6.34. The average Bonchev–Trinajstić information content (AvgIpc) is 3.36. The summed E-state index contributed by atoms with van der Waals surface area (Å²) in [6, 6.07) is 18.6. The molecule has 3 aromatic rings. The second-order valence-corrected chi connectivity index (χ2v) is 9.21. The third-order valence-corrected chi connectivity index (χ3v) is 6.73. The Morgan fingerprint density at radius 1 is 0.872 bits per heavy atom. The number of anilines is 1. The van der Waals surface area contributed by atoms with Crippen LogP contribution in [0.2, 0.25) is 0 Å². The van der Waals surface area contributed by atoms with Gasteiger partial charge in [-0.25, -0.2) is 4.79 Å². The van der Waals surface area contributed by atoms with Gasteiger partial charge in [0.15, 0.2) is 12.4 Å². The SMILES string of the molecule is CCc1cccc(CC)c1N1C[C@H](C(=O)OCC(=O)c2ccc(OC(=O)c3cccc(OC)c3)cc2)CC1=O. The molecule has 0 aromatic heterocycles. The Kier molecular flexibility index (Phi) is 8.76. The van der Waals surface area contributed by atoms with Crippen LogP contribution >= 0.6 is 0 Å². The van der Waals surface area contributed by atoms with Crippen molar-refractivity contribution in [2.45, 2.75) is 33.1 Å². The predicted octanol–water partition coefficient (Wildman–Crippen LogP) is 4.82. The molecule has 0 unspecified atom stereocenters. The van der Waals surface area contributed by atoms with E-state index >= 15 is 0 Å². The maximum Gasteiger partial charge on any atom is 0.343 e.